The van der Waals surface area contributed by atoms with Gasteiger partial charge in [-0.1, -0.05) is 11.6 Å². The molecule has 2 unspecified atom stereocenters. The highest BCUT2D eigenvalue weighted by molar-refractivity contribution is 8.01. The van der Waals surface area contributed by atoms with Crippen LogP contribution in [0.3, 0.4) is 0 Å². The monoisotopic (exact) mass is 497 g/mol. The average molecular weight is 498 g/mol. The van der Waals surface area contributed by atoms with Crippen LogP contribution in [-0.4, -0.2) is 36.9 Å². The molecule has 1 aromatic rings. The number of allylic oxidation sites excluding steroid dienone is 2. The number of esters is 2. The zero-order chi connectivity index (χ0) is 23.8. The third-order valence-corrected chi connectivity index (χ3v) is 6.50. The summed E-state index contributed by atoms with van der Waals surface area (Å²) in [6, 6.07) is 1.39. The molecule has 0 spiro atoms. The number of halogens is 6. The first-order chi connectivity index (χ1) is 15.0. The average Bonchev–Trinajstić information content (AvgIpc) is 2.69. The maximum Gasteiger partial charge on any atom is 0.418 e. The molecule has 2 aliphatic rings. The normalized spacial score (nSPS) is 21.1. The molecule has 1 saturated heterocycles. The topological polar surface area (TPSA) is 64.6 Å². The van der Waals surface area contributed by atoms with Gasteiger partial charge in [-0.25, -0.2) is 18.4 Å². The summed E-state index contributed by atoms with van der Waals surface area (Å²) in [6.45, 7) is -0.0282. The van der Waals surface area contributed by atoms with Gasteiger partial charge in [0, 0.05) is 23.4 Å². The van der Waals surface area contributed by atoms with Crippen molar-refractivity contribution in [3.8, 4) is 0 Å². The molecular formula is C20H17ClF5NO4S. The largest absolute Gasteiger partial charge is 0.466 e. The van der Waals surface area contributed by atoms with Gasteiger partial charge in [0.15, 0.2) is 0 Å². The predicted octanol–water partition coefficient (Wildman–Crippen LogP) is 4.86. The van der Waals surface area contributed by atoms with Crippen LogP contribution < -0.4 is 5.32 Å². The van der Waals surface area contributed by atoms with E-state index < -0.39 is 75.0 Å². The Morgan fingerprint density at radius 1 is 1.25 bits per heavy atom. The van der Waals surface area contributed by atoms with Crippen LogP contribution in [0.15, 0.2) is 34.7 Å². The highest BCUT2D eigenvalue weighted by Crippen LogP contribution is 2.48. The van der Waals surface area contributed by atoms with Gasteiger partial charge < -0.3 is 14.8 Å². The van der Waals surface area contributed by atoms with E-state index in [0.29, 0.717) is 18.6 Å². The summed E-state index contributed by atoms with van der Waals surface area (Å²) in [4.78, 5) is 25.5. The molecule has 32 heavy (non-hydrogen) atoms. The van der Waals surface area contributed by atoms with Crippen molar-refractivity contribution in [2.45, 2.75) is 30.9 Å². The van der Waals surface area contributed by atoms with E-state index in [1.165, 1.54) is 18.7 Å². The zero-order valence-corrected chi connectivity index (χ0v) is 18.3. The number of ether oxygens (including phenoxy) is 2. The Labute approximate surface area is 189 Å². The van der Waals surface area contributed by atoms with Crippen LogP contribution in [0.25, 0.3) is 0 Å². The van der Waals surface area contributed by atoms with E-state index in [2.05, 4.69) is 10.1 Å². The minimum atomic E-state index is -5.15. The smallest absolute Gasteiger partial charge is 0.418 e. The fourth-order valence-electron chi connectivity index (χ4n) is 3.54. The molecule has 2 atom stereocenters. The maximum atomic E-state index is 15.0. The standard InChI is InChI=1S/C20H17ClF5NO4S/c1-8-13(19(29)31-12-5-6-32-12)16(15(18(28)30-2)11(7-22)27-8)14-10(23)4-3-9(21)17(14)20(24,25)26/h3-4,12,16,27H,5-7H2,1-2H3. The summed E-state index contributed by atoms with van der Waals surface area (Å²) < 4.78 is 80.5. The number of carbonyl (C=O) groups is 2. The fourth-order valence-corrected chi connectivity index (χ4v) is 4.40. The van der Waals surface area contributed by atoms with E-state index >= 15 is 0 Å². The van der Waals surface area contributed by atoms with Crippen LogP contribution >= 0.6 is 23.4 Å². The summed E-state index contributed by atoms with van der Waals surface area (Å²) >= 11 is 7.07. The van der Waals surface area contributed by atoms with Crippen LogP contribution in [0.4, 0.5) is 22.0 Å². The number of methoxy groups -OCH3 is 1. The first kappa shape index (κ1) is 24.4. The number of nitrogens with one attached hydrogen (secondary N) is 1. The summed E-state index contributed by atoms with van der Waals surface area (Å²) in [5.41, 5.74) is -4.91. The molecule has 0 amide bonds. The van der Waals surface area contributed by atoms with E-state index in [1.54, 1.807) is 0 Å². The Hall–Kier alpha value is -2.27. The van der Waals surface area contributed by atoms with Crippen molar-refractivity contribution in [3.05, 3.63) is 56.6 Å². The molecule has 3 rings (SSSR count). The van der Waals surface area contributed by atoms with Crippen LogP contribution in [0.1, 0.15) is 30.4 Å². The molecule has 0 aliphatic carbocycles. The minimum Gasteiger partial charge on any atom is -0.466 e. The SMILES string of the molecule is COC(=O)C1=C(CF)NC(C)=C(C(=O)OC2CCS2)C1c1c(F)ccc(Cl)c1C(F)(F)F. The minimum absolute atomic E-state index is 0.0860. The van der Waals surface area contributed by atoms with Gasteiger partial charge in [-0.2, -0.15) is 13.2 Å². The van der Waals surface area contributed by atoms with Crippen LogP contribution in [0, 0.1) is 5.82 Å². The van der Waals surface area contributed by atoms with Gasteiger partial charge in [0.2, 0.25) is 0 Å². The quantitative estimate of drug-likeness (QED) is 0.463. The number of alkyl halides is 4. The molecule has 0 radical (unpaired) electrons. The second-order valence-electron chi connectivity index (χ2n) is 6.92. The Morgan fingerprint density at radius 2 is 1.91 bits per heavy atom. The lowest BCUT2D eigenvalue weighted by molar-refractivity contribution is -0.142. The molecule has 1 aromatic carbocycles. The van der Waals surface area contributed by atoms with E-state index in [-0.39, 0.29) is 5.70 Å². The summed E-state index contributed by atoms with van der Waals surface area (Å²) in [5.74, 6) is -4.94. The predicted molar refractivity (Wildman–Crippen MR) is 107 cm³/mol. The van der Waals surface area contributed by atoms with Gasteiger partial charge in [0.1, 0.15) is 17.9 Å². The molecular weight excluding hydrogens is 481 g/mol. The molecule has 2 aliphatic heterocycles. The van der Waals surface area contributed by atoms with Crippen molar-refractivity contribution >= 4 is 35.3 Å². The molecule has 0 bridgehead atoms. The lowest BCUT2D eigenvalue weighted by Gasteiger charge is -2.33. The lowest BCUT2D eigenvalue weighted by Crippen LogP contribution is -2.36. The van der Waals surface area contributed by atoms with Gasteiger partial charge >= 0.3 is 18.1 Å². The number of dihydropyridines is 1. The lowest BCUT2D eigenvalue weighted by atomic mass is 9.78. The number of carbonyl (C=O) groups excluding carboxylic acids is 2. The first-order valence-electron chi connectivity index (χ1n) is 9.24. The Bertz CT molecular complexity index is 1020. The highest BCUT2D eigenvalue weighted by Gasteiger charge is 2.47. The third kappa shape index (κ3) is 4.45. The van der Waals surface area contributed by atoms with E-state index in [0.717, 1.165) is 12.9 Å². The number of hydrogen-bond donors (Lipinski definition) is 1. The number of thioether (sulfide) groups is 1. The molecule has 2 heterocycles. The number of benzene rings is 1. The summed E-state index contributed by atoms with van der Waals surface area (Å²) in [6.07, 6.45) is -4.63. The Kier molecular flexibility index (Phi) is 7.09. The summed E-state index contributed by atoms with van der Waals surface area (Å²) in [7, 11) is 0.926. The first-order valence-corrected chi connectivity index (χ1v) is 10.7. The van der Waals surface area contributed by atoms with E-state index in [1.807, 2.05) is 0 Å². The van der Waals surface area contributed by atoms with Gasteiger partial charge in [0.25, 0.3) is 0 Å². The summed E-state index contributed by atoms with van der Waals surface area (Å²) in [5, 5.41) is 1.65. The van der Waals surface area contributed by atoms with Crippen LogP contribution in [0.5, 0.6) is 0 Å². The van der Waals surface area contributed by atoms with Crippen LogP contribution in [0.2, 0.25) is 5.02 Å². The second kappa shape index (κ2) is 9.30. The van der Waals surface area contributed by atoms with Gasteiger partial charge in [-0.3, -0.25) is 0 Å². The Balaban J connectivity index is 2.32. The van der Waals surface area contributed by atoms with Crippen molar-refractivity contribution < 1.29 is 41.0 Å². The molecule has 5 nitrogen and oxygen atoms in total. The molecule has 1 fully saturated rings. The van der Waals surface area contributed by atoms with Crippen molar-refractivity contribution in [1.29, 1.82) is 0 Å². The Morgan fingerprint density at radius 3 is 2.41 bits per heavy atom. The number of rotatable bonds is 5. The molecule has 12 heteroatoms. The third-order valence-electron chi connectivity index (χ3n) is 5.01. The van der Waals surface area contributed by atoms with Crippen molar-refractivity contribution in [1.82, 2.24) is 5.32 Å². The van der Waals surface area contributed by atoms with Crippen LogP contribution in [-0.2, 0) is 25.2 Å². The number of hydrogen-bond acceptors (Lipinski definition) is 6. The van der Waals surface area contributed by atoms with Gasteiger partial charge in [0.05, 0.1) is 40.5 Å². The van der Waals surface area contributed by atoms with Gasteiger partial charge in [-0.15, -0.1) is 11.8 Å². The van der Waals surface area contributed by atoms with E-state index in [9.17, 15) is 31.5 Å². The van der Waals surface area contributed by atoms with E-state index in [4.69, 9.17) is 16.3 Å². The zero-order valence-electron chi connectivity index (χ0n) is 16.7. The maximum absolute atomic E-state index is 15.0. The fraction of sp³-hybridized carbons (Fsp3) is 0.400. The second-order valence-corrected chi connectivity index (χ2v) is 8.60. The van der Waals surface area contributed by atoms with Crippen molar-refractivity contribution in [2.24, 2.45) is 0 Å². The molecule has 1 N–H and O–H groups in total. The van der Waals surface area contributed by atoms with Crippen molar-refractivity contribution in [3.63, 3.8) is 0 Å². The molecule has 174 valence electrons. The molecule has 0 aromatic heterocycles. The van der Waals surface area contributed by atoms with Crippen molar-refractivity contribution in [2.75, 3.05) is 19.5 Å². The van der Waals surface area contributed by atoms with Gasteiger partial charge in [-0.05, 0) is 19.1 Å². The highest BCUT2D eigenvalue weighted by atomic mass is 35.5. The molecule has 0 saturated carbocycles.